The molecule has 2 aliphatic rings. The predicted octanol–water partition coefficient (Wildman–Crippen LogP) is 3.14. The van der Waals surface area contributed by atoms with Crippen LogP contribution in [0.3, 0.4) is 0 Å². The lowest BCUT2D eigenvalue weighted by Crippen LogP contribution is -2.53. The van der Waals surface area contributed by atoms with Crippen molar-refractivity contribution >= 4 is 5.91 Å². The second-order valence-electron chi connectivity index (χ2n) is 6.67. The van der Waals surface area contributed by atoms with E-state index in [4.69, 9.17) is 8.83 Å². The fraction of sp³-hybridized carbons (Fsp3) is 0.500. The molecule has 2 aromatic rings. The fourth-order valence-corrected chi connectivity index (χ4v) is 4.08. The summed E-state index contributed by atoms with van der Waals surface area (Å²) in [5, 5.41) is 0. The molecule has 0 saturated carbocycles. The molecule has 2 fully saturated rings. The van der Waals surface area contributed by atoms with Gasteiger partial charge in [-0.2, -0.15) is 0 Å². The molecule has 0 unspecified atom stereocenters. The molecule has 0 aromatic carbocycles. The van der Waals surface area contributed by atoms with Gasteiger partial charge in [0.2, 0.25) is 0 Å². The van der Waals surface area contributed by atoms with E-state index in [1.54, 1.807) is 24.7 Å². The number of nitrogens with zero attached hydrogens (tertiary/aromatic N) is 2. The highest BCUT2D eigenvalue weighted by Crippen LogP contribution is 2.39. The van der Waals surface area contributed by atoms with Crippen LogP contribution in [-0.2, 0) is 6.54 Å². The summed E-state index contributed by atoms with van der Waals surface area (Å²) in [7, 11) is 0. The van der Waals surface area contributed by atoms with E-state index in [0.717, 1.165) is 51.9 Å². The maximum atomic E-state index is 12.7. The van der Waals surface area contributed by atoms with Crippen LogP contribution in [0.4, 0.5) is 0 Å². The number of rotatable bonds is 3. The molecule has 4 heterocycles. The first kappa shape index (κ1) is 14.6. The minimum atomic E-state index is 0.0246. The first-order valence-corrected chi connectivity index (χ1v) is 8.36. The average Bonchev–Trinajstić information content (AvgIpc) is 3.30. The second kappa shape index (κ2) is 5.89. The molecule has 0 radical (unpaired) electrons. The monoisotopic (exact) mass is 314 g/mol. The van der Waals surface area contributed by atoms with Crippen molar-refractivity contribution in [2.75, 3.05) is 19.6 Å². The van der Waals surface area contributed by atoms with Crippen molar-refractivity contribution in [3.05, 3.63) is 48.3 Å². The summed E-state index contributed by atoms with van der Waals surface area (Å²) in [5.74, 6) is 0.517. The van der Waals surface area contributed by atoms with Crippen molar-refractivity contribution in [2.45, 2.75) is 37.8 Å². The Labute approximate surface area is 135 Å². The Morgan fingerprint density at radius 1 is 1.13 bits per heavy atom. The topological polar surface area (TPSA) is 49.8 Å². The maximum Gasteiger partial charge on any atom is 0.290 e. The Bertz CT molecular complexity index is 640. The van der Waals surface area contributed by atoms with Gasteiger partial charge in [0.25, 0.3) is 5.91 Å². The number of hydrogen-bond acceptors (Lipinski definition) is 4. The lowest BCUT2D eigenvalue weighted by molar-refractivity contribution is 0.0332. The van der Waals surface area contributed by atoms with Gasteiger partial charge in [-0.05, 0) is 43.9 Å². The third-order valence-electron chi connectivity index (χ3n) is 5.35. The first-order valence-electron chi connectivity index (χ1n) is 8.36. The molecule has 5 nitrogen and oxygen atoms in total. The predicted molar refractivity (Wildman–Crippen MR) is 84.9 cm³/mol. The van der Waals surface area contributed by atoms with Gasteiger partial charge in [0.15, 0.2) is 5.76 Å². The minimum Gasteiger partial charge on any atom is -0.472 e. The smallest absolute Gasteiger partial charge is 0.290 e. The zero-order chi connectivity index (χ0) is 15.7. The van der Waals surface area contributed by atoms with Crippen molar-refractivity contribution < 1.29 is 13.6 Å². The van der Waals surface area contributed by atoms with Crippen LogP contribution < -0.4 is 0 Å². The summed E-state index contributed by atoms with van der Waals surface area (Å²) in [6.07, 6.45) is 9.39. The fourth-order valence-electron chi connectivity index (χ4n) is 4.08. The normalized spacial score (nSPS) is 21.1. The summed E-state index contributed by atoms with van der Waals surface area (Å²) in [5.41, 5.74) is 1.24. The van der Waals surface area contributed by atoms with E-state index in [-0.39, 0.29) is 11.4 Å². The molecule has 0 N–H and O–H groups in total. The Balaban J connectivity index is 1.43. The zero-order valence-corrected chi connectivity index (χ0v) is 13.2. The molecule has 0 aliphatic carbocycles. The van der Waals surface area contributed by atoms with Crippen LogP contribution in [0.2, 0.25) is 0 Å². The van der Waals surface area contributed by atoms with Gasteiger partial charge in [-0.25, -0.2) is 0 Å². The molecule has 2 saturated heterocycles. The molecular weight excluding hydrogens is 292 g/mol. The van der Waals surface area contributed by atoms with Gasteiger partial charge in [-0.15, -0.1) is 0 Å². The Morgan fingerprint density at radius 2 is 2.00 bits per heavy atom. The highest BCUT2D eigenvalue weighted by molar-refractivity contribution is 5.92. The van der Waals surface area contributed by atoms with Crippen LogP contribution in [0.1, 0.15) is 41.8 Å². The van der Waals surface area contributed by atoms with Crippen molar-refractivity contribution in [3.8, 4) is 0 Å². The number of carbonyl (C=O) groups is 1. The largest absolute Gasteiger partial charge is 0.472 e. The third kappa shape index (κ3) is 2.70. The molecule has 23 heavy (non-hydrogen) atoms. The van der Waals surface area contributed by atoms with Gasteiger partial charge < -0.3 is 13.7 Å². The number of furan rings is 2. The van der Waals surface area contributed by atoms with Crippen molar-refractivity contribution in [1.29, 1.82) is 0 Å². The maximum absolute atomic E-state index is 12.7. The van der Waals surface area contributed by atoms with Gasteiger partial charge in [0, 0.05) is 37.3 Å². The van der Waals surface area contributed by atoms with Crippen molar-refractivity contribution in [1.82, 2.24) is 9.80 Å². The standard InChI is InChI=1S/C18H22N2O3/c21-17(16-3-1-11-23-16)20-8-2-5-18(20)6-9-19(10-7-18)13-15-4-12-22-14-15/h1,3-4,11-12,14H,2,5-10,13H2. The summed E-state index contributed by atoms with van der Waals surface area (Å²) >= 11 is 0. The van der Waals surface area contributed by atoms with E-state index >= 15 is 0 Å². The summed E-state index contributed by atoms with van der Waals surface area (Å²) in [6, 6.07) is 5.57. The lowest BCUT2D eigenvalue weighted by Gasteiger charge is -2.44. The van der Waals surface area contributed by atoms with E-state index in [2.05, 4.69) is 9.80 Å². The quantitative estimate of drug-likeness (QED) is 0.873. The minimum absolute atomic E-state index is 0.0246. The van der Waals surface area contributed by atoms with E-state index < -0.39 is 0 Å². The van der Waals surface area contributed by atoms with Gasteiger partial charge in [0.1, 0.15) is 0 Å². The molecule has 5 heteroatoms. The molecular formula is C18H22N2O3. The molecule has 2 aliphatic heterocycles. The average molecular weight is 314 g/mol. The molecule has 0 atom stereocenters. The van der Waals surface area contributed by atoms with E-state index in [1.807, 2.05) is 12.3 Å². The van der Waals surface area contributed by atoms with Gasteiger partial charge >= 0.3 is 0 Å². The van der Waals surface area contributed by atoms with Crippen LogP contribution in [0.25, 0.3) is 0 Å². The molecule has 1 spiro atoms. The summed E-state index contributed by atoms with van der Waals surface area (Å²) in [6.45, 7) is 3.82. The van der Waals surface area contributed by atoms with Crippen LogP contribution >= 0.6 is 0 Å². The number of piperidine rings is 1. The second-order valence-corrected chi connectivity index (χ2v) is 6.67. The van der Waals surface area contributed by atoms with Gasteiger partial charge in [-0.1, -0.05) is 0 Å². The summed E-state index contributed by atoms with van der Waals surface area (Å²) < 4.78 is 10.5. The number of likely N-dealkylation sites (tertiary alicyclic amines) is 2. The van der Waals surface area contributed by atoms with Gasteiger partial charge in [0.05, 0.1) is 18.8 Å². The van der Waals surface area contributed by atoms with Crippen molar-refractivity contribution in [3.63, 3.8) is 0 Å². The summed E-state index contributed by atoms with van der Waals surface area (Å²) in [4.78, 5) is 17.2. The number of hydrogen-bond donors (Lipinski definition) is 0. The number of amides is 1. The molecule has 1 amide bonds. The highest BCUT2D eigenvalue weighted by atomic mass is 16.3. The van der Waals surface area contributed by atoms with E-state index in [0.29, 0.717) is 5.76 Å². The van der Waals surface area contributed by atoms with Gasteiger partial charge in [-0.3, -0.25) is 9.69 Å². The Morgan fingerprint density at radius 3 is 2.70 bits per heavy atom. The highest BCUT2D eigenvalue weighted by Gasteiger charge is 2.46. The van der Waals surface area contributed by atoms with Crippen LogP contribution in [0.5, 0.6) is 0 Å². The molecule has 2 aromatic heterocycles. The van der Waals surface area contributed by atoms with Crippen LogP contribution in [0.15, 0.2) is 45.8 Å². The Kier molecular flexibility index (Phi) is 3.73. The van der Waals surface area contributed by atoms with Crippen LogP contribution in [0, 0.1) is 0 Å². The SMILES string of the molecule is O=C(c1ccco1)N1CCCC12CCN(Cc1ccoc1)CC2. The number of carbonyl (C=O) groups excluding carboxylic acids is 1. The zero-order valence-electron chi connectivity index (χ0n) is 13.2. The van der Waals surface area contributed by atoms with Crippen LogP contribution in [-0.4, -0.2) is 40.9 Å². The molecule has 4 rings (SSSR count). The molecule has 122 valence electrons. The first-order chi connectivity index (χ1) is 11.3. The molecule has 0 bridgehead atoms. The lowest BCUT2D eigenvalue weighted by atomic mass is 9.84. The van der Waals surface area contributed by atoms with E-state index in [9.17, 15) is 4.79 Å². The van der Waals surface area contributed by atoms with E-state index in [1.165, 1.54) is 5.56 Å². The third-order valence-corrected chi connectivity index (χ3v) is 5.35. The van der Waals surface area contributed by atoms with Crippen molar-refractivity contribution in [2.24, 2.45) is 0 Å². The Hall–Kier alpha value is -2.01.